The summed E-state index contributed by atoms with van der Waals surface area (Å²) >= 11 is 10.6. The Labute approximate surface area is 184 Å². The van der Waals surface area contributed by atoms with Gasteiger partial charge in [0.2, 0.25) is 0 Å². The zero-order chi connectivity index (χ0) is 22.3. The van der Waals surface area contributed by atoms with Crippen molar-refractivity contribution in [3.05, 3.63) is 76.6 Å². The molecule has 0 aliphatic carbocycles. The first-order chi connectivity index (χ1) is 14.3. The molecule has 10 heteroatoms. The van der Waals surface area contributed by atoms with Gasteiger partial charge in [-0.15, -0.1) is 0 Å². The van der Waals surface area contributed by atoms with Crippen LogP contribution in [0.1, 0.15) is 16.7 Å². The highest BCUT2D eigenvalue weighted by Gasteiger charge is 2.20. The highest BCUT2D eigenvalue weighted by Crippen LogP contribution is 2.15. The fourth-order valence-corrected chi connectivity index (χ4v) is 2.67. The number of nitriles is 1. The molecule has 2 aromatic carbocycles. The van der Waals surface area contributed by atoms with Crippen molar-refractivity contribution in [2.24, 2.45) is 0 Å². The van der Waals surface area contributed by atoms with Crippen molar-refractivity contribution < 1.29 is 9.59 Å². The number of rotatable bonds is 2. The second-order valence-corrected chi connectivity index (χ2v) is 6.74. The predicted octanol–water partition coefficient (Wildman–Crippen LogP) is 2.09. The van der Waals surface area contributed by atoms with Gasteiger partial charge in [-0.1, -0.05) is 54.8 Å². The smallest absolute Gasteiger partial charge is 0.277 e. The van der Waals surface area contributed by atoms with Crippen LogP contribution in [0.25, 0.3) is 4.85 Å². The van der Waals surface area contributed by atoms with Crippen LogP contribution in [-0.2, 0) is 9.59 Å². The van der Waals surface area contributed by atoms with Crippen LogP contribution in [-0.4, -0.2) is 45.9 Å². The maximum absolute atomic E-state index is 12.2. The zero-order valence-corrected chi connectivity index (χ0v) is 17.7. The van der Waals surface area contributed by atoms with Crippen LogP contribution in [0.2, 0.25) is 0 Å². The van der Waals surface area contributed by atoms with Gasteiger partial charge in [0.25, 0.3) is 0 Å². The average Bonchev–Trinajstić information content (AvgIpc) is 2.77. The third-order valence-electron chi connectivity index (χ3n) is 3.81. The third-order valence-corrected chi connectivity index (χ3v) is 4.83. The number of hydrogen-bond donors (Lipinski definition) is 2. The fraction of sp³-hybridized carbons (Fsp3) is 0.100. The summed E-state index contributed by atoms with van der Waals surface area (Å²) in [7, 11) is 2.97. The van der Waals surface area contributed by atoms with Crippen LogP contribution in [0.5, 0.6) is 0 Å². The molecule has 150 valence electrons. The van der Waals surface area contributed by atoms with E-state index in [-0.39, 0.29) is 9.98 Å². The Hall–Kier alpha value is -3.86. The van der Waals surface area contributed by atoms with Gasteiger partial charge in [0.15, 0.2) is 5.69 Å². The van der Waals surface area contributed by atoms with Crippen molar-refractivity contribution >= 4 is 51.9 Å². The van der Waals surface area contributed by atoms with E-state index in [1.165, 1.54) is 24.1 Å². The molecule has 2 rings (SSSR count). The number of amides is 2. The second kappa shape index (κ2) is 10.1. The quantitative estimate of drug-likeness (QED) is 0.322. The fourth-order valence-electron chi connectivity index (χ4n) is 2.33. The molecule has 0 atom stereocenters. The molecule has 0 heterocycles. The molecule has 0 aromatic heterocycles. The Morgan fingerprint density at radius 3 is 1.97 bits per heavy atom. The van der Waals surface area contributed by atoms with Gasteiger partial charge in [0.1, 0.15) is 9.98 Å². The van der Waals surface area contributed by atoms with Gasteiger partial charge in [0.05, 0.1) is 18.2 Å². The van der Waals surface area contributed by atoms with Crippen molar-refractivity contribution in [3.8, 4) is 6.07 Å². The molecule has 0 aliphatic rings. The van der Waals surface area contributed by atoms with E-state index in [1.54, 1.807) is 48.5 Å². The summed E-state index contributed by atoms with van der Waals surface area (Å²) in [5.41, 5.74) is 6.66. The Bertz CT molecular complexity index is 1020. The van der Waals surface area contributed by atoms with Gasteiger partial charge in [-0.3, -0.25) is 30.5 Å². The van der Waals surface area contributed by atoms with Gasteiger partial charge in [-0.2, -0.15) is 5.26 Å². The minimum atomic E-state index is -0.958. The summed E-state index contributed by atoms with van der Waals surface area (Å²) in [5.74, 6) is -1.91. The van der Waals surface area contributed by atoms with E-state index in [0.717, 1.165) is 0 Å². The minimum Gasteiger partial charge on any atom is -0.277 e. The van der Waals surface area contributed by atoms with Crippen LogP contribution in [0.3, 0.4) is 0 Å². The first-order valence-electron chi connectivity index (χ1n) is 8.42. The molecule has 0 unspecified atom stereocenters. The summed E-state index contributed by atoms with van der Waals surface area (Å²) in [6.07, 6.45) is 0. The van der Waals surface area contributed by atoms with Crippen molar-refractivity contribution in [2.75, 3.05) is 14.1 Å². The molecule has 0 aliphatic heterocycles. The first kappa shape index (κ1) is 22.4. The number of hydrogen-bond acceptors (Lipinski definition) is 5. The molecular formula is C20H16N6O2S2. The topological polar surface area (TPSA) is 92.8 Å². The van der Waals surface area contributed by atoms with Crippen LogP contribution in [0, 0.1) is 17.9 Å². The lowest BCUT2D eigenvalue weighted by molar-refractivity contribution is -0.142. The summed E-state index contributed by atoms with van der Waals surface area (Å²) in [6, 6.07) is 15.2. The van der Waals surface area contributed by atoms with E-state index in [4.69, 9.17) is 36.3 Å². The van der Waals surface area contributed by atoms with Crippen LogP contribution < -0.4 is 10.9 Å². The largest absolute Gasteiger partial charge is 0.329 e. The highest BCUT2D eigenvalue weighted by molar-refractivity contribution is 7.80. The van der Waals surface area contributed by atoms with Crippen molar-refractivity contribution in [1.82, 2.24) is 20.9 Å². The third kappa shape index (κ3) is 5.58. The molecule has 0 saturated heterocycles. The van der Waals surface area contributed by atoms with Gasteiger partial charge < -0.3 is 0 Å². The Kier molecular flexibility index (Phi) is 7.53. The molecule has 0 saturated carbocycles. The Morgan fingerprint density at radius 2 is 1.47 bits per heavy atom. The van der Waals surface area contributed by atoms with Gasteiger partial charge in [-0.05, 0) is 18.2 Å². The molecule has 0 spiro atoms. The van der Waals surface area contributed by atoms with Crippen molar-refractivity contribution in [3.63, 3.8) is 0 Å². The lowest BCUT2D eigenvalue weighted by Crippen LogP contribution is -2.53. The lowest BCUT2D eigenvalue weighted by Gasteiger charge is -2.23. The number of thiocarbonyl (C=S) groups is 2. The molecule has 8 nitrogen and oxygen atoms in total. The number of carbonyl (C=O) groups is 2. The first-order valence-corrected chi connectivity index (χ1v) is 9.24. The van der Waals surface area contributed by atoms with Crippen LogP contribution in [0.4, 0.5) is 5.69 Å². The zero-order valence-electron chi connectivity index (χ0n) is 16.0. The molecule has 0 bridgehead atoms. The Morgan fingerprint density at radius 1 is 0.967 bits per heavy atom. The van der Waals surface area contributed by atoms with E-state index < -0.39 is 11.8 Å². The summed E-state index contributed by atoms with van der Waals surface area (Å²) < 4.78 is 0. The SMILES string of the molecule is [C-]#[N+]c1cccc(C(=S)N(C)NC(=O)C(=O)NN(C)C(=S)c2cccc(C#N)c2)c1. The summed E-state index contributed by atoms with van der Waals surface area (Å²) in [5, 5.41) is 11.4. The number of carbonyl (C=O) groups excluding carboxylic acids is 2. The summed E-state index contributed by atoms with van der Waals surface area (Å²) in [6.45, 7) is 7.06. The van der Waals surface area contributed by atoms with E-state index in [0.29, 0.717) is 22.4 Å². The molecule has 0 radical (unpaired) electrons. The summed E-state index contributed by atoms with van der Waals surface area (Å²) in [4.78, 5) is 28.2. The Balaban J connectivity index is 1.98. The monoisotopic (exact) mass is 436 g/mol. The van der Waals surface area contributed by atoms with Crippen LogP contribution >= 0.6 is 24.4 Å². The molecular weight excluding hydrogens is 420 g/mol. The molecule has 2 amide bonds. The van der Waals surface area contributed by atoms with Crippen molar-refractivity contribution in [2.45, 2.75) is 0 Å². The number of hydrazine groups is 2. The maximum Gasteiger partial charge on any atom is 0.329 e. The van der Waals surface area contributed by atoms with Gasteiger partial charge >= 0.3 is 11.8 Å². The van der Waals surface area contributed by atoms with Gasteiger partial charge in [0, 0.05) is 25.2 Å². The van der Waals surface area contributed by atoms with E-state index in [9.17, 15) is 9.59 Å². The number of benzene rings is 2. The van der Waals surface area contributed by atoms with Gasteiger partial charge in [-0.25, -0.2) is 4.85 Å². The second-order valence-electron chi connectivity index (χ2n) is 5.96. The molecule has 0 fully saturated rings. The minimum absolute atomic E-state index is 0.230. The molecule has 30 heavy (non-hydrogen) atoms. The molecule has 2 N–H and O–H groups in total. The van der Waals surface area contributed by atoms with Crippen LogP contribution in [0.15, 0.2) is 48.5 Å². The lowest BCUT2D eigenvalue weighted by atomic mass is 10.1. The van der Waals surface area contributed by atoms with E-state index in [2.05, 4.69) is 15.7 Å². The number of nitrogens with zero attached hydrogens (tertiary/aromatic N) is 4. The highest BCUT2D eigenvalue weighted by atomic mass is 32.1. The average molecular weight is 437 g/mol. The van der Waals surface area contributed by atoms with E-state index in [1.807, 2.05) is 6.07 Å². The normalized spacial score (nSPS) is 9.47. The maximum atomic E-state index is 12.2. The van der Waals surface area contributed by atoms with Crippen molar-refractivity contribution in [1.29, 1.82) is 5.26 Å². The number of nitrogens with one attached hydrogen (secondary N) is 2. The standard InChI is InChI=1S/C20H16N6O2S2/c1-22-16-9-5-8-15(11-16)20(30)26(3)24-18(28)17(27)23-25(2)19(29)14-7-4-6-13(10-14)12-21/h4-11H,2-3H3,(H,23,27)(H,24,28). The molecule has 2 aromatic rings. The van der Waals surface area contributed by atoms with E-state index >= 15 is 0 Å². The predicted molar refractivity (Wildman–Crippen MR) is 119 cm³/mol.